The van der Waals surface area contributed by atoms with Crippen LogP contribution in [-0.4, -0.2) is 38.1 Å². The molecule has 1 aromatic rings. The van der Waals surface area contributed by atoms with Crippen LogP contribution in [0.25, 0.3) is 0 Å². The second-order valence-electron chi connectivity index (χ2n) is 5.44. The summed E-state index contributed by atoms with van der Waals surface area (Å²) >= 11 is 3.12. The van der Waals surface area contributed by atoms with Crippen molar-refractivity contribution in [2.45, 2.75) is 24.3 Å². The van der Waals surface area contributed by atoms with E-state index in [1.807, 2.05) is 11.9 Å². The number of nitrogens with zero attached hydrogens (tertiary/aromatic N) is 2. The van der Waals surface area contributed by atoms with Crippen LogP contribution in [0.15, 0.2) is 18.2 Å². The van der Waals surface area contributed by atoms with Crippen molar-refractivity contribution >= 4 is 21.6 Å². The minimum Gasteiger partial charge on any atom is -0.373 e. The van der Waals surface area contributed by atoms with Gasteiger partial charge in [0.05, 0.1) is 5.56 Å². The van der Waals surface area contributed by atoms with Gasteiger partial charge in [-0.25, -0.2) is 0 Å². The fraction of sp³-hybridized carbons (Fsp3) is 0.600. The van der Waals surface area contributed by atoms with E-state index in [1.165, 1.54) is 18.9 Å². The summed E-state index contributed by atoms with van der Waals surface area (Å²) < 4.78 is 39.2. The molecule has 0 bridgehead atoms. The second kappa shape index (κ2) is 7.01. The summed E-state index contributed by atoms with van der Waals surface area (Å²) in [6, 6.07) is 4.57. The number of hydrogen-bond acceptors (Lipinski definition) is 2. The van der Waals surface area contributed by atoms with Crippen molar-refractivity contribution in [3.63, 3.8) is 0 Å². The van der Waals surface area contributed by atoms with E-state index in [2.05, 4.69) is 20.8 Å². The topological polar surface area (TPSA) is 6.48 Å². The van der Waals surface area contributed by atoms with E-state index in [0.717, 1.165) is 26.2 Å². The lowest BCUT2D eigenvalue weighted by Gasteiger charge is -2.24. The summed E-state index contributed by atoms with van der Waals surface area (Å²) in [5, 5.41) is 0.208. The van der Waals surface area contributed by atoms with Gasteiger partial charge in [0, 0.05) is 31.2 Å². The Bertz CT molecular complexity index is 470. The van der Waals surface area contributed by atoms with Gasteiger partial charge in [-0.05, 0) is 43.6 Å². The van der Waals surface area contributed by atoms with Crippen LogP contribution in [0.4, 0.5) is 18.9 Å². The summed E-state index contributed by atoms with van der Waals surface area (Å²) in [7, 11) is 1.85. The number of alkyl halides is 4. The Morgan fingerprint density at radius 1 is 1.24 bits per heavy atom. The molecule has 0 unspecified atom stereocenters. The first kappa shape index (κ1) is 16.6. The molecule has 0 spiro atoms. The number of hydrogen-bond donors (Lipinski definition) is 0. The molecule has 0 aromatic heterocycles. The number of benzene rings is 1. The van der Waals surface area contributed by atoms with Crippen molar-refractivity contribution in [2.75, 3.05) is 38.1 Å². The quantitative estimate of drug-likeness (QED) is 0.724. The molecule has 0 N–H and O–H groups in total. The van der Waals surface area contributed by atoms with E-state index in [1.54, 1.807) is 12.1 Å². The molecule has 1 fully saturated rings. The van der Waals surface area contributed by atoms with E-state index in [-0.39, 0.29) is 10.9 Å². The number of likely N-dealkylation sites (N-methyl/N-ethyl adjacent to an activating group) is 1. The zero-order chi connectivity index (χ0) is 15.5. The number of rotatable bonds is 5. The fourth-order valence-electron chi connectivity index (χ4n) is 2.61. The van der Waals surface area contributed by atoms with Crippen LogP contribution in [0.3, 0.4) is 0 Å². The second-order valence-corrected chi connectivity index (χ2v) is 6.00. The highest BCUT2D eigenvalue weighted by Crippen LogP contribution is 2.35. The van der Waals surface area contributed by atoms with Gasteiger partial charge < -0.3 is 9.80 Å². The van der Waals surface area contributed by atoms with Crippen molar-refractivity contribution in [1.29, 1.82) is 0 Å². The lowest BCUT2D eigenvalue weighted by Crippen LogP contribution is -2.31. The summed E-state index contributed by atoms with van der Waals surface area (Å²) in [4.78, 5) is 4.25. The molecule has 6 heteroatoms. The molecule has 0 amide bonds. The van der Waals surface area contributed by atoms with Crippen molar-refractivity contribution in [3.8, 4) is 0 Å². The average molecular weight is 365 g/mol. The minimum atomic E-state index is -4.31. The summed E-state index contributed by atoms with van der Waals surface area (Å²) in [6.45, 7) is 3.84. The van der Waals surface area contributed by atoms with Gasteiger partial charge in [0.15, 0.2) is 0 Å². The molecule has 0 atom stereocenters. The van der Waals surface area contributed by atoms with Crippen LogP contribution in [0.2, 0.25) is 0 Å². The third-order valence-corrected chi connectivity index (χ3v) is 4.54. The Labute approximate surface area is 132 Å². The van der Waals surface area contributed by atoms with Crippen LogP contribution >= 0.6 is 15.9 Å². The van der Waals surface area contributed by atoms with Gasteiger partial charge in [-0.15, -0.1) is 0 Å². The number of likely N-dealkylation sites (tertiary alicyclic amines) is 1. The third-order valence-electron chi connectivity index (χ3n) is 3.93. The van der Waals surface area contributed by atoms with Gasteiger partial charge in [0.1, 0.15) is 0 Å². The normalized spacial score (nSPS) is 16.4. The Morgan fingerprint density at radius 3 is 2.48 bits per heavy atom. The highest BCUT2D eigenvalue weighted by molar-refractivity contribution is 9.08. The maximum absolute atomic E-state index is 13.1. The number of anilines is 1. The Hall–Kier alpha value is -0.750. The van der Waals surface area contributed by atoms with Gasteiger partial charge in [-0.1, -0.05) is 22.0 Å². The molecule has 2 rings (SSSR count). The summed E-state index contributed by atoms with van der Waals surface area (Å²) in [5.74, 6) is 0. The summed E-state index contributed by atoms with van der Waals surface area (Å²) in [6.07, 6.45) is -1.86. The zero-order valence-electron chi connectivity index (χ0n) is 12.1. The Kier molecular flexibility index (Phi) is 5.54. The first-order valence-electron chi connectivity index (χ1n) is 7.11. The highest BCUT2D eigenvalue weighted by atomic mass is 79.9. The van der Waals surface area contributed by atoms with E-state index in [0.29, 0.717) is 5.69 Å². The predicted octanol–water partition coefficient (Wildman–Crippen LogP) is 4.13. The minimum absolute atomic E-state index is 0.208. The highest BCUT2D eigenvalue weighted by Gasteiger charge is 2.33. The molecule has 21 heavy (non-hydrogen) atoms. The maximum atomic E-state index is 13.1. The van der Waals surface area contributed by atoms with E-state index in [4.69, 9.17) is 0 Å². The largest absolute Gasteiger partial charge is 0.416 e. The van der Waals surface area contributed by atoms with E-state index >= 15 is 0 Å². The van der Waals surface area contributed by atoms with Crippen LogP contribution in [0.5, 0.6) is 0 Å². The predicted molar refractivity (Wildman–Crippen MR) is 83.0 cm³/mol. The molecule has 1 aliphatic rings. The van der Waals surface area contributed by atoms with Gasteiger partial charge in [0.25, 0.3) is 0 Å². The third kappa shape index (κ3) is 4.36. The van der Waals surface area contributed by atoms with Crippen molar-refractivity contribution in [3.05, 3.63) is 29.3 Å². The van der Waals surface area contributed by atoms with Crippen LogP contribution < -0.4 is 4.90 Å². The molecule has 0 aliphatic carbocycles. The van der Waals surface area contributed by atoms with Gasteiger partial charge >= 0.3 is 6.18 Å². The molecule has 0 saturated carbocycles. The Morgan fingerprint density at radius 2 is 1.90 bits per heavy atom. The first-order valence-corrected chi connectivity index (χ1v) is 8.23. The standard InChI is InChI=1S/C15H20BrF3N2/c1-20(8-9-21-6-2-3-7-21)13-5-4-12(11-16)14(10-13)15(17,18)19/h4-5,10H,2-3,6-9,11H2,1H3. The maximum Gasteiger partial charge on any atom is 0.416 e. The van der Waals surface area contributed by atoms with Crippen LogP contribution in [0, 0.1) is 0 Å². The molecule has 1 heterocycles. The van der Waals surface area contributed by atoms with Gasteiger partial charge in [0.2, 0.25) is 0 Å². The number of halogens is 4. The zero-order valence-corrected chi connectivity index (χ0v) is 13.7. The SMILES string of the molecule is CN(CCN1CCCC1)c1ccc(CBr)c(C(F)(F)F)c1. The molecule has 1 aliphatic heterocycles. The monoisotopic (exact) mass is 364 g/mol. The molecular weight excluding hydrogens is 345 g/mol. The lowest BCUT2D eigenvalue weighted by molar-refractivity contribution is -0.138. The van der Waals surface area contributed by atoms with Crippen molar-refractivity contribution in [2.24, 2.45) is 0 Å². The van der Waals surface area contributed by atoms with Gasteiger partial charge in [-0.3, -0.25) is 0 Å². The first-order chi connectivity index (χ1) is 9.91. The lowest BCUT2D eigenvalue weighted by atomic mass is 10.1. The van der Waals surface area contributed by atoms with Crippen molar-refractivity contribution in [1.82, 2.24) is 4.90 Å². The van der Waals surface area contributed by atoms with Crippen LogP contribution in [-0.2, 0) is 11.5 Å². The van der Waals surface area contributed by atoms with Crippen molar-refractivity contribution < 1.29 is 13.2 Å². The van der Waals surface area contributed by atoms with Gasteiger partial charge in [-0.2, -0.15) is 13.2 Å². The average Bonchev–Trinajstić information content (AvgIpc) is 2.96. The molecule has 0 radical (unpaired) electrons. The molecule has 2 nitrogen and oxygen atoms in total. The molecule has 1 aromatic carbocycles. The summed E-state index contributed by atoms with van der Waals surface area (Å²) in [5.41, 5.74) is 0.343. The molecule has 118 valence electrons. The van der Waals surface area contributed by atoms with E-state index in [9.17, 15) is 13.2 Å². The molecular formula is C15H20BrF3N2. The fourth-order valence-corrected chi connectivity index (χ4v) is 3.10. The van der Waals surface area contributed by atoms with Crippen LogP contribution in [0.1, 0.15) is 24.0 Å². The smallest absolute Gasteiger partial charge is 0.373 e. The Balaban J connectivity index is 2.08. The van der Waals surface area contributed by atoms with E-state index < -0.39 is 11.7 Å². The molecule has 1 saturated heterocycles.